The molecule has 1 saturated heterocycles. The van der Waals surface area contributed by atoms with Crippen LogP contribution in [-0.4, -0.2) is 50.1 Å². The summed E-state index contributed by atoms with van der Waals surface area (Å²) < 4.78 is 5.21. The molecule has 2 atom stereocenters. The molecule has 0 bridgehead atoms. The number of rotatable bonds is 8. The summed E-state index contributed by atoms with van der Waals surface area (Å²) in [7, 11) is 1.65. The molecule has 0 unspecified atom stereocenters. The van der Waals surface area contributed by atoms with Gasteiger partial charge in [0.15, 0.2) is 0 Å². The molecule has 3 aromatic rings. The number of amides is 1. The van der Waals surface area contributed by atoms with Gasteiger partial charge in [-0.3, -0.25) is 9.69 Å². The zero-order valence-corrected chi connectivity index (χ0v) is 19.6. The maximum atomic E-state index is 12.8. The molecule has 0 radical (unpaired) electrons. The van der Waals surface area contributed by atoms with E-state index < -0.39 is 0 Å². The Labute approximate surface area is 194 Å². The zero-order valence-electron chi connectivity index (χ0n) is 18.7. The second kappa shape index (κ2) is 10.7. The molecule has 168 valence electrons. The van der Waals surface area contributed by atoms with Crippen LogP contribution in [0.25, 0.3) is 0 Å². The number of hydrogen-bond acceptors (Lipinski definition) is 5. The second-order valence-electron chi connectivity index (χ2n) is 8.20. The number of carbonyl (C=O) groups excluding carboxylic acids is 1. The molecule has 5 nitrogen and oxygen atoms in total. The second-order valence-corrected chi connectivity index (χ2v) is 9.18. The van der Waals surface area contributed by atoms with E-state index in [1.807, 2.05) is 24.3 Å². The lowest BCUT2D eigenvalue weighted by molar-refractivity contribution is -0.121. The number of hydrogen-bond donors (Lipinski definition) is 1. The van der Waals surface area contributed by atoms with Gasteiger partial charge in [0.25, 0.3) is 0 Å². The van der Waals surface area contributed by atoms with Crippen molar-refractivity contribution in [1.82, 2.24) is 10.2 Å². The summed E-state index contributed by atoms with van der Waals surface area (Å²) in [5, 5.41) is 5.39. The Hall–Kier alpha value is -2.83. The SMILES string of the molecule is COc1ccc(CC(=O)N[C@H](C)[C@H](c2cccs2)N2CCN(c3ccccc3)CC2)cc1. The number of thiophene rings is 1. The van der Waals surface area contributed by atoms with Crippen LogP contribution in [0.1, 0.15) is 23.4 Å². The average molecular weight is 450 g/mol. The van der Waals surface area contributed by atoms with E-state index >= 15 is 0 Å². The van der Waals surface area contributed by atoms with Gasteiger partial charge in [-0.1, -0.05) is 36.4 Å². The van der Waals surface area contributed by atoms with Gasteiger partial charge < -0.3 is 15.0 Å². The number of para-hydroxylation sites is 1. The van der Waals surface area contributed by atoms with E-state index in [4.69, 9.17) is 4.74 Å². The number of carbonyl (C=O) groups is 1. The number of methoxy groups -OCH3 is 1. The van der Waals surface area contributed by atoms with E-state index in [1.165, 1.54) is 10.6 Å². The molecule has 0 spiro atoms. The first-order valence-corrected chi connectivity index (χ1v) is 12.0. The van der Waals surface area contributed by atoms with Crippen LogP contribution < -0.4 is 15.0 Å². The Morgan fingerprint density at radius 2 is 1.72 bits per heavy atom. The highest BCUT2D eigenvalue weighted by Crippen LogP contribution is 2.30. The van der Waals surface area contributed by atoms with Gasteiger partial charge in [0.2, 0.25) is 5.91 Å². The Morgan fingerprint density at radius 1 is 1.00 bits per heavy atom. The highest BCUT2D eigenvalue weighted by atomic mass is 32.1. The smallest absolute Gasteiger partial charge is 0.224 e. The summed E-state index contributed by atoms with van der Waals surface area (Å²) in [5.74, 6) is 0.849. The number of ether oxygens (including phenoxy) is 1. The highest BCUT2D eigenvalue weighted by molar-refractivity contribution is 7.10. The summed E-state index contributed by atoms with van der Waals surface area (Å²) in [6.07, 6.45) is 0.368. The third kappa shape index (κ3) is 5.50. The summed E-state index contributed by atoms with van der Waals surface area (Å²) in [5.41, 5.74) is 2.26. The number of anilines is 1. The lowest BCUT2D eigenvalue weighted by Crippen LogP contribution is -2.52. The molecule has 2 heterocycles. The first-order chi connectivity index (χ1) is 15.6. The van der Waals surface area contributed by atoms with Crippen LogP contribution in [0.3, 0.4) is 0 Å². The molecule has 32 heavy (non-hydrogen) atoms. The number of nitrogens with zero attached hydrogens (tertiary/aromatic N) is 2. The van der Waals surface area contributed by atoms with Crippen molar-refractivity contribution in [2.75, 3.05) is 38.2 Å². The van der Waals surface area contributed by atoms with E-state index in [0.717, 1.165) is 37.5 Å². The lowest BCUT2D eigenvalue weighted by Gasteiger charge is -2.42. The number of benzene rings is 2. The van der Waals surface area contributed by atoms with Crippen LogP contribution in [0.2, 0.25) is 0 Å². The van der Waals surface area contributed by atoms with Crippen molar-refractivity contribution < 1.29 is 9.53 Å². The van der Waals surface area contributed by atoms with E-state index in [0.29, 0.717) is 6.42 Å². The summed E-state index contributed by atoms with van der Waals surface area (Å²) in [4.78, 5) is 19.1. The van der Waals surface area contributed by atoms with Gasteiger partial charge in [0, 0.05) is 42.8 Å². The molecule has 0 aliphatic carbocycles. The molecule has 1 aliphatic rings. The van der Waals surface area contributed by atoms with Gasteiger partial charge in [-0.2, -0.15) is 0 Å². The minimum absolute atomic E-state index is 0.0164. The van der Waals surface area contributed by atoms with Gasteiger partial charge >= 0.3 is 0 Å². The van der Waals surface area contributed by atoms with Crippen LogP contribution in [0, 0.1) is 0 Å². The number of nitrogens with one attached hydrogen (secondary N) is 1. The molecular formula is C26H31N3O2S. The normalized spacial score (nSPS) is 16.4. The molecular weight excluding hydrogens is 418 g/mol. The van der Waals surface area contributed by atoms with Gasteiger partial charge in [-0.15, -0.1) is 11.3 Å². The minimum atomic E-state index is 0.0164. The standard InChI is InChI=1S/C26H31N3O2S/c1-20(27-25(30)19-21-10-12-23(31-2)13-11-21)26(24-9-6-18-32-24)29-16-14-28(15-17-29)22-7-4-3-5-8-22/h3-13,18,20,26H,14-17,19H2,1-2H3,(H,27,30)/t20-,26-/m1/s1. The highest BCUT2D eigenvalue weighted by Gasteiger charge is 2.30. The van der Waals surface area contributed by atoms with Crippen LogP contribution >= 0.6 is 11.3 Å². The van der Waals surface area contributed by atoms with E-state index in [1.54, 1.807) is 18.4 Å². The first-order valence-electron chi connectivity index (χ1n) is 11.1. The minimum Gasteiger partial charge on any atom is -0.497 e. The molecule has 1 fully saturated rings. The van der Waals surface area contributed by atoms with Gasteiger partial charge in [-0.25, -0.2) is 0 Å². The van der Waals surface area contributed by atoms with Gasteiger partial charge in [0.05, 0.1) is 19.6 Å². The lowest BCUT2D eigenvalue weighted by atomic mass is 10.0. The quantitative estimate of drug-likeness (QED) is 0.555. The maximum absolute atomic E-state index is 12.8. The van der Waals surface area contributed by atoms with E-state index in [2.05, 4.69) is 69.9 Å². The Bertz CT molecular complexity index is 968. The molecule has 1 aromatic heterocycles. The van der Waals surface area contributed by atoms with E-state index in [9.17, 15) is 4.79 Å². The third-order valence-corrected chi connectivity index (χ3v) is 6.99. The van der Waals surface area contributed by atoms with Crippen LogP contribution in [0.4, 0.5) is 5.69 Å². The Kier molecular flexibility index (Phi) is 7.45. The summed E-state index contributed by atoms with van der Waals surface area (Å²) >= 11 is 1.76. The molecule has 4 rings (SSSR count). The van der Waals surface area contributed by atoms with Gasteiger partial charge in [0.1, 0.15) is 5.75 Å². The van der Waals surface area contributed by atoms with Crippen LogP contribution in [0.5, 0.6) is 5.75 Å². The fourth-order valence-corrected chi connectivity index (χ4v) is 5.38. The molecule has 0 saturated carbocycles. The Balaban J connectivity index is 1.40. The molecule has 1 N–H and O–H groups in total. The molecule has 6 heteroatoms. The molecule has 1 amide bonds. The average Bonchev–Trinajstić information content (AvgIpc) is 3.35. The van der Waals surface area contributed by atoms with Crippen molar-refractivity contribution in [3.63, 3.8) is 0 Å². The molecule has 2 aromatic carbocycles. The van der Waals surface area contributed by atoms with Crippen LogP contribution in [-0.2, 0) is 11.2 Å². The Morgan fingerprint density at radius 3 is 2.34 bits per heavy atom. The largest absolute Gasteiger partial charge is 0.497 e. The number of piperazine rings is 1. The fourth-order valence-electron chi connectivity index (χ4n) is 4.41. The summed E-state index contributed by atoms with van der Waals surface area (Å²) in [6.45, 7) is 6.03. The third-order valence-electron chi connectivity index (χ3n) is 6.05. The van der Waals surface area contributed by atoms with Crippen molar-refractivity contribution in [3.8, 4) is 5.75 Å². The van der Waals surface area contributed by atoms with Crippen LogP contribution in [0.15, 0.2) is 72.1 Å². The van der Waals surface area contributed by atoms with Gasteiger partial charge in [-0.05, 0) is 48.2 Å². The predicted molar refractivity (Wildman–Crippen MR) is 132 cm³/mol. The monoisotopic (exact) mass is 449 g/mol. The molecule has 1 aliphatic heterocycles. The first kappa shape index (κ1) is 22.4. The van der Waals surface area contributed by atoms with Crippen molar-refractivity contribution in [1.29, 1.82) is 0 Å². The van der Waals surface area contributed by atoms with E-state index in [-0.39, 0.29) is 18.0 Å². The zero-order chi connectivity index (χ0) is 22.3. The predicted octanol–water partition coefficient (Wildman–Crippen LogP) is 4.37. The topological polar surface area (TPSA) is 44.8 Å². The van der Waals surface area contributed by atoms with Crippen molar-refractivity contribution >= 4 is 22.9 Å². The summed E-state index contributed by atoms with van der Waals surface area (Å²) in [6, 6.07) is 22.8. The van der Waals surface area contributed by atoms with Crippen molar-refractivity contribution in [2.24, 2.45) is 0 Å². The van der Waals surface area contributed by atoms with Crippen molar-refractivity contribution in [3.05, 3.63) is 82.6 Å². The van der Waals surface area contributed by atoms with Crippen molar-refractivity contribution in [2.45, 2.75) is 25.4 Å². The maximum Gasteiger partial charge on any atom is 0.224 e. The fraction of sp³-hybridized carbons (Fsp3) is 0.346.